The van der Waals surface area contributed by atoms with Gasteiger partial charge in [0.1, 0.15) is 6.04 Å². The number of carbonyl (C=O) groups excluding carboxylic acids is 2. The highest BCUT2D eigenvalue weighted by Crippen LogP contribution is 2.39. The van der Waals surface area contributed by atoms with Gasteiger partial charge in [0.2, 0.25) is 0 Å². The van der Waals surface area contributed by atoms with Gasteiger partial charge in [-0.15, -0.1) is 0 Å². The van der Waals surface area contributed by atoms with E-state index in [1.807, 2.05) is 25.1 Å². The summed E-state index contributed by atoms with van der Waals surface area (Å²) >= 11 is 10.1. The summed E-state index contributed by atoms with van der Waals surface area (Å²) in [6.45, 7) is 1.89. The summed E-state index contributed by atoms with van der Waals surface area (Å²) < 4.78 is 0.578. The Balaban J connectivity index is 2.20. The molecule has 3 N–H and O–H groups in total. The molecule has 3 rings (SSSR count). The topological polar surface area (TPSA) is 94.0 Å². The highest BCUT2D eigenvalue weighted by atomic mass is 79.9. The van der Waals surface area contributed by atoms with Crippen LogP contribution >= 0.6 is 27.5 Å². The monoisotopic (exact) mass is 492 g/mol. The summed E-state index contributed by atoms with van der Waals surface area (Å²) in [5.74, 6) is -0.117. The fourth-order valence-electron chi connectivity index (χ4n) is 3.24. The predicted octanol–water partition coefficient (Wildman–Crippen LogP) is 3.81. The molecule has 1 unspecified atom stereocenters. The zero-order valence-corrected chi connectivity index (χ0v) is 18.9. The third kappa shape index (κ3) is 4.35. The molecule has 0 spiro atoms. The number of fused-ring (bicyclic) bond motifs is 1. The number of aliphatic hydroxyl groups excluding tert-OH is 1. The molecule has 3 amide bonds. The van der Waals surface area contributed by atoms with Gasteiger partial charge >= 0.3 is 6.03 Å². The first-order chi connectivity index (χ1) is 14.4. The maximum absolute atomic E-state index is 13.0. The lowest BCUT2D eigenvalue weighted by Gasteiger charge is -2.22. The van der Waals surface area contributed by atoms with Gasteiger partial charge in [-0.25, -0.2) is 4.79 Å². The maximum Gasteiger partial charge on any atom is 0.319 e. The summed E-state index contributed by atoms with van der Waals surface area (Å²) in [5, 5.41) is 14.7. The highest BCUT2D eigenvalue weighted by Gasteiger charge is 2.31. The average Bonchev–Trinajstić information content (AvgIpc) is 2.84. The number of anilines is 2. The second-order valence-corrected chi connectivity index (χ2v) is 7.90. The molecule has 2 aromatic carbocycles. The molecule has 0 radical (unpaired) electrons. The number of hydrogen-bond donors (Lipinski definition) is 3. The van der Waals surface area contributed by atoms with Crippen molar-refractivity contribution in [3.63, 3.8) is 0 Å². The first-order valence-electron chi connectivity index (χ1n) is 9.47. The maximum atomic E-state index is 13.0. The number of urea groups is 1. The van der Waals surface area contributed by atoms with Crippen LogP contribution in [0.15, 0.2) is 45.9 Å². The lowest BCUT2D eigenvalue weighted by Crippen LogP contribution is -2.34. The molecule has 0 aromatic heterocycles. The molecule has 1 heterocycles. The number of aliphatic hydroxyl groups is 1. The molecule has 0 saturated heterocycles. The van der Waals surface area contributed by atoms with Gasteiger partial charge in [0.25, 0.3) is 5.91 Å². The lowest BCUT2D eigenvalue weighted by atomic mass is 9.99. The van der Waals surface area contributed by atoms with E-state index in [4.69, 9.17) is 21.7 Å². The van der Waals surface area contributed by atoms with Gasteiger partial charge in [-0.3, -0.25) is 9.79 Å². The number of rotatable bonds is 5. The van der Waals surface area contributed by atoms with Crippen molar-refractivity contribution in [2.45, 2.75) is 19.4 Å². The molecule has 7 nitrogen and oxygen atoms in total. The van der Waals surface area contributed by atoms with Crippen LogP contribution in [0.3, 0.4) is 0 Å². The van der Waals surface area contributed by atoms with Crippen LogP contribution in [-0.2, 0) is 4.79 Å². The Bertz CT molecular complexity index is 1010. The molecule has 9 heteroatoms. The van der Waals surface area contributed by atoms with Crippen LogP contribution in [0.5, 0.6) is 0 Å². The molecule has 2 aromatic rings. The fraction of sp³-hybridized carbons (Fsp3) is 0.286. The first kappa shape index (κ1) is 22.3. The molecule has 1 aliphatic heterocycles. The molecule has 1 atom stereocenters. The van der Waals surface area contributed by atoms with Gasteiger partial charge < -0.3 is 20.6 Å². The van der Waals surface area contributed by atoms with Crippen LogP contribution in [0.2, 0.25) is 5.02 Å². The zero-order chi connectivity index (χ0) is 21.8. The minimum atomic E-state index is -0.551. The summed E-state index contributed by atoms with van der Waals surface area (Å²) in [6.07, 6.45) is 0.539. The van der Waals surface area contributed by atoms with Gasteiger partial charge in [-0.2, -0.15) is 0 Å². The molecular formula is C21H22BrClN4O3. The van der Waals surface area contributed by atoms with Crippen molar-refractivity contribution in [1.29, 1.82) is 0 Å². The quantitative estimate of drug-likeness (QED) is 0.591. The van der Waals surface area contributed by atoms with E-state index >= 15 is 0 Å². The largest absolute Gasteiger partial charge is 0.395 e. The van der Waals surface area contributed by atoms with Gasteiger partial charge in [0.05, 0.1) is 28.2 Å². The summed E-state index contributed by atoms with van der Waals surface area (Å²) in [5.41, 5.74) is 3.09. The number of nitrogens with zero attached hydrogens (tertiary/aromatic N) is 2. The molecule has 0 aliphatic carbocycles. The standard InChI is InChI=1S/C21H22BrClN4O3/c1-3-14-20(29)27(2)16-9-8-15(26-21(30)24-10-11-28)18(22)17(16)19(25-14)12-6-4-5-7-13(12)23/h4-9,14,28H,3,10-11H2,1-2H3,(H2,24,26,30). The van der Waals surface area contributed by atoms with Crippen molar-refractivity contribution in [2.24, 2.45) is 4.99 Å². The zero-order valence-electron chi connectivity index (χ0n) is 16.6. The van der Waals surface area contributed by atoms with E-state index in [1.54, 1.807) is 30.1 Å². The number of benzodiazepines with no additional fused rings is 1. The van der Waals surface area contributed by atoms with E-state index < -0.39 is 12.1 Å². The fourth-order valence-corrected chi connectivity index (χ4v) is 4.09. The van der Waals surface area contributed by atoms with Crippen LogP contribution < -0.4 is 15.5 Å². The van der Waals surface area contributed by atoms with Crippen molar-refractivity contribution in [3.8, 4) is 0 Å². The second kappa shape index (κ2) is 9.59. The van der Waals surface area contributed by atoms with Crippen LogP contribution in [0, 0.1) is 0 Å². The Kier molecular flexibility index (Phi) is 7.12. The van der Waals surface area contributed by atoms with Crippen molar-refractivity contribution < 1.29 is 14.7 Å². The van der Waals surface area contributed by atoms with Crippen molar-refractivity contribution in [1.82, 2.24) is 5.32 Å². The molecule has 158 valence electrons. The molecule has 30 heavy (non-hydrogen) atoms. The Morgan fingerprint density at radius 3 is 2.70 bits per heavy atom. The van der Waals surface area contributed by atoms with Gasteiger partial charge in [-0.05, 0) is 40.5 Å². The molecular weight excluding hydrogens is 472 g/mol. The Hall–Kier alpha value is -2.42. The second-order valence-electron chi connectivity index (χ2n) is 6.70. The van der Waals surface area contributed by atoms with Crippen LogP contribution in [-0.4, -0.2) is 49.0 Å². The molecule has 1 aliphatic rings. The summed E-state index contributed by atoms with van der Waals surface area (Å²) in [7, 11) is 1.71. The van der Waals surface area contributed by atoms with Crippen LogP contribution in [0.1, 0.15) is 24.5 Å². The molecule has 0 saturated carbocycles. The number of aliphatic imine (C=N–C) groups is 1. The van der Waals surface area contributed by atoms with Gasteiger partial charge in [0, 0.05) is 29.7 Å². The van der Waals surface area contributed by atoms with Crippen LogP contribution in [0.25, 0.3) is 0 Å². The van der Waals surface area contributed by atoms with Crippen LogP contribution in [0.4, 0.5) is 16.2 Å². The normalized spacial score (nSPS) is 15.9. The van der Waals surface area contributed by atoms with E-state index in [0.717, 1.165) is 0 Å². The van der Waals surface area contributed by atoms with E-state index in [9.17, 15) is 9.59 Å². The smallest absolute Gasteiger partial charge is 0.319 e. The number of carbonyl (C=O) groups is 2. The number of nitrogens with one attached hydrogen (secondary N) is 2. The minimum Gasteiger partial charge on any atom is -0.395 e. The lowest BCUT2D eigenvalue weighted by molar-refractivity contribution is -0.119. The molecule has 0 bridgehead atoms. The average molecular weight is 494 g/mol. The van der Waals surface area contributed by atoms with Gasteiger partial charge in [0.15, 0.2) is 0 Å². The number of likely N-dealkylation sites (N-methyl/N-ethyl adjacent to an activating group) is 1. The predicted molar refractivity (Wildman–Crippen MR) is 123 cm³/mol. The number of benzene rings is 2. The van der Waals surface area contributed by atoms with E-state index in [-0.39, 0.29) is 19.1 Å². The highest BCUT2D eigenvalue weighted by molar-refractivity contribution is 9.10. The van der Waals surface area contributed by atoms with Gasteiger partial charge in [-0.1, -0.05) is 36.7 Å². The Labute approximate surface area is 188 Å². The molecule has 0 fully saturated rings. The van der Waals surface area contributed by atoms with E-state index in [0.29, 0.717) is 44.1 Å². The summed E-state index contributed by atoms with van der Waals surface area (Å²) in [6, 6.07) is 9.79. The third-order valence-corrected chi connectivity index (χ3v) is 5.93. The number of amides is 3. The minimum absolute atomic E-state index is 0.117. The number of hydrogen-bond acceptors (Lipinski definition) is 4. The SMILES string of the molecule is CCC1N=C(c2ccccc2Cl)c2c(ccc(NC(=O)NCCO)c2Br)N(C)C1=O. The Morgan fingerprint density at radius 2 is 2.03 bits per heavy atom. The third-order valence-electron chi connectivity index (χ3n) is 4.78. The van der Waals surface area contributed by atoms with Crippen molar-refractivity contribution in [2.75, 3.05) is 30.4 Å². The Morgan fingerprint density at radius 1 is 1.30 bits per heavy atom. The van der Waals surface area contributed by atoms with E-state index in [2.05, 4.69) is 26.6 Å². The van der Waals surface area contributed by atoms with Crippen molar-refractivity contribution in [3.05, 3.63) is 57.0 Å². The van der Waals surface area contributed by atoms with Crippen molar-refractivity contribution >= 4 is 56.6 Å². The summed E-state index contributed by atoms with van der Waals surface area (Å²) in [4.78, 5) is 31.4. The number of halogens is 2. The van der Waals surface area contributed by atoms with E-state index in [1.165, 1.54) is 0 Å². The first-order valence-corrected chi connectivity index (χ1v) is 10.6.